The third-order valence-electron chi connectivity index (χ3n) is 2.39. The van der Waals surface area contributed by atoms with Crippen LogP contribution in [0.1, 0.15) is 33.0 Å². The predicted octanol–water partition coefficient (Wildman–Crippen LogP) is 0.777. The van der Waals surface area contributed by atoms with Gasteiger partial charge in [0.05, 0.1) is 7.05 Å². The summed E-state index contributed by atoms with van der Waals surface area (Å²) in [7, 11) is 1.79. The standard InChI is InChI=1S/C10H21N5/c1-5-11-9(3)6-8(2)7-10-12-14-15(4)13-10/h8-9,11H,5-7H2,1-4H3. The zero-order valence-electron chi connectivity index (χ0n) is 10.1. The molecule has 86 valence electrons. The Labute approximate surface area is 91.2 Å². The van der Waals surface area contributed by atoms with Crippen LogP contribution in [-0.2, 0) is 13.5 Å². The lowest BCUT2D eigenvalue weighted by Gasteiger charge is -2.16. The molecule has 0 saturated heterocycles. The van der Waals surface area contributed by atoms with Gasteiger partial charge in [-0.3, -0.25) is 0 Å². The van der Waals surface area contributed by atoms with E-state index in [9.17, 15) is 0 Å². The highest BCUT2D eigenvalue weighted by molar-refractivity contribution is 4.80. The maximum absolute atomic E-state index is 4.18. The summed E-state index contributed by atoms with van der Waals surface area (Å²) >= 11 is 0. The van der Waals surface area contributed by atoms with Gasteiger partial charge in [-0.1, -0.05) is 13.8 Å². The first-order chi connectivity index (χ1) is 7.11. The van der Waals surface area contributed by atoms with Crippen LogP contribution in [0.4, 0.5) is 0 Å². The lowest BCUT2D eigenvalue weighted by molar-refractivity contribution is 0.420. The highest BCUT2D eigenvalue weighted by Crippen LogP contribution is 2.10. The summed E-state index contributed by atoms with van der Waals surface area (Å²) in [6.07, 6.45) is 2.05. The van der Waals surface area contributed by atoms with E-state index in [1.807, 2.05) is 0 Å². The van der Waals surface area contributed by atoms with Crippen molar-refractivity contribution < 1.29 is 0 Å². The average molecular weight is 211 g/mol. The maximum atomic E-state index is 4.18. The van der Waals surface area contributed by atoms with E-state index in [1.165, 1.54) is 4.80 Å². The number of nitrogens with one attached hydrogen (secondary N) is 1. The minimum Gasteiger partial charge on any atom is -0.315 e. The van der Waals surface area contributed by atoms with Crippen molar-refractivity contribution in [2.24, 2.45) is 13.0 Å². The molecule has 0 saturated carbocycles. The molecule has 0 amide bonds. The molecule has 1 heterocycles. The molecule has 0 aliphatic heterocycles. The zero-order chi connectivity index (χ0) is 11.3. The van der Waals surface area contributed by atoms with Crippen molar-refractivity contribution in [2.45, 2.75) is 39.7 Å². The van der Waals surface area contributed by atoms with E-state index in [1.54, 1.807) is 7.05 Å². The Morgan fingerprint density at radius 2 is 2.13 bits per heavy atom. The van der Waals surface area contributed by atoms with Crippen molar-refractivity contribution in [3.63, 3.8) is 0 Å². The molecule has 5 heteroatoms. The van der Waals surface area contributed by atoms with Gasteiger partial charge in [0.2, 0.25) is 0 Å². The number of tetrazole rings is 1. The molecule has 2 unspecified atom stereocenters. The molecule has 1 rings (SSSR count). The van der Waals surface area contributed by atoms with Gasteiger partial charge in [-0.05, 0) is 31.0 Å². The van der Waals surface area contributed by atoms with Gasteiger partial charge in [0, 0.05) is 12.5 Å². The summed E-state index contributed by atoms with van der Waals surface area (Å²) in [6, 6.07) is 0.557. The van der Waals surface area contributed by atoms with Crippen LogP contribution in [0.15, 0.2) is 0 Å². The Balaban J connectivity index is 2.32. The molecule has 1 aromatic heterocycles. The first-order valence-corrected chi connectivity index (χ1v) is 5.58. The Bertz CT molecular complexity index is 283. The van der Waals surface area contributed by atoms with Crippen molar-refractivity contribution in [3.8, 4) is 0 Å². The van der Waals surface area contributed by atoms with E-state index in [2.05, 4.69) is 41.5 Å². The number of nitrogens with zero attached hydrogens (tertiary/aromatic N) is 4. The van der Waals surface area contributed by atoms with Gasteiger partial charge in [0.1, 0.15) is 0 Å². The van der Waals surface area contributed by atoms with Crippen molar-refractivity contribution in [1.82, 2.24) is 25.5 Å². The van der Waals surface area contributed by atoms with Gasteiger partial charge in [0.15, 0.2) is 5.82 Å². The third kappa shape index (κ3) is 4.38. The predicted molar refractivity (Wildman–Crippen MR) is 59.4 cm³/mol. The number of hydrogen-bond acceptors (Lipinski definition) is 4. The second-order valence-corrected chi connectivity index (χ2v) is 4.20. The van der Waals surface area contributed by atoms with E-state index in [0.717, 1.165) is 25.2 Å². The van der Waals surface area contributed by atoms with Crippen LogP contribution in [0, 0.1) is 5.92 Å². The molecule has 5 nitrogen and oxygen atoms in total. The molecule has 0 aromatic carbocycles. The van der Waals surface area contributed by atoms with Crippen LogP contribution >= 0.6 is 0 Å². The monoisotopic (exact) mass is 211 g/mol. The van der Waals surface area contributed by atoms with Crippen molar-refractivity contribution in [1.29, 1.82) is 0 Å². The fraction of sp³-hybridized carbons (Fsp3) is 0.900. The lowest BCUT2D eigenvalue weighted by Crippen LogP contribution is -2.27. The second-order valence-electron chi connectivity index (χ2n) is 4.20. The number of aromatic nitrogens is 4. The van der Waals surface area contributed by atoms with Crippen molar-refractivity contribution in [3.05, 3.63) is 5.82 Å². The molecule has 0 aliphatic rings. The summed E-state index contributed by atoms with van der Waals surface area (Å²) in [5.74, 6) is 1.43. The number of hydrogen-bond donors (Lipinski definition) is 1. The zero-order valence-corrected chi connectivity index (χ0v) is 10.1. The second kappa shape index (κ2) is 5.80. The Morgan fingerprint density at radius 3 is 2.67 bits per heavy atom. The van der Waals surface area contributed by atoms with Crippen LogP contribution in [0.25, 0.3) is 0 Å². The first kappa shape index (κ1) is 12.1. The fourth-order valence-corrected chi connectivity index (χ4v) is 1.84. The molecule has 15 heavy (non-hydrogen) atoms. The molecule has 1 N–H and O–H groups in total. The number of rotatable bonds is 6. The minimum atomic E-state index is 0.557. The molecular formula is C10H21N5. The van der Waals surface area contributed by atoms with E-state index in [4.69, 9.17) is 0 Å². The van der Waals surface area contributed by atoms with Crippen LogP contribution in [-0.4, -0.2) is 32.8 Å². The molecule has 0 aliphatic carbocycles. The molecule has 0 bridgehead atoms. The normalized spacial score (nSPS) is 15.2. The van der Waals surface area contributed by atoms with Gasteiger partial charge in [-0.2, -0.15) is 4.80 Å². The smallest absolute Gasteiger partial charge is 0.175 e. The summed E-state index contributed by atoms with van der Waals surface area (Å²) in [5.41, 5.74) is 0. The highest BCUT2D eigenvalue weighted by Gasteiger charge is 2.11. The summed E-state index contributed by atoms with van der Waals surface area (Å²) in [6.45, 7) is 7.59. The molecule has 1 aromatic rings. The largest absolute Gasteiger partial charge is 0.315 e. The molecular weight excluding hydrogens is 190 g/mol. The summed E-state index contributed by atoms with van der Waals surface area (Å²) in [5, 5.41) is 15.4. The van der Waals surface area contributed by atoms with Crippen molar-refractivity contribution >= 4 is 0 Å². The molecule has 0 fully saturated rings. The van der Waals surface area contributed by atoms with Gasteiger partial charge in [-0.25, -0.2) is 0 Å². The van der Waals surface area contributed by atoms with Gasteiger partial charge < -0.3 is 5.32 Å². The maximum Gasteiger partial charge on any atom is 0.175 e. The summed E-state index contributed by atoms with van der Waals surface area (Å²) in [4.78, 5) is 1.51. The van der Waals surface area contributed by atoms with Crippen LogP contribution in [0.3, 0.4) is 0 Å². The Morgan fingerprint density at radius 1 is 1.40 bits per heavy atom. The first-order valence-electron chi connectivity index (χ1n) is 5.58. The third-order valence-corrected chi connectivity index (χ3v) is 2.39. The minimum absolute atomic E-state index is 0.557. The Hall–Kier alpha value is -0.970. The summed E-state index contributed by atoms with van der Waals surface area (Å²) < 4.78 is 0. The topological polar surface area (TPSA) is 55.6 Å². The molecule has 2 atom stereocenters. The quantitative estimate of drug-likeness (QED) is 0.755. The van der Waals surface area contributed by atoms with Crippen LogP contribution in [0.2, 0.25) is 0 Å². The molecule has 0 spiro atoms. The van der Waals surface area contributed by atoms with Gasteiger partial charge in [0.25, 0.3) is 0 Å². The van der Waals surface area contributed by atoms with E-state index < -0.39 is 0 Å². The molecule has 0 radical (unpaired) electrons. The van der Waals surface area contributed by atoms with E-state index >= 15 is 0 Å². The van der Waals surface area contributed by atoms with E-state index in [0.29, 0.717) is 12.0 Å². The number of aryl methyl sites for hydroxylation is 1. The fourth-order valence-electron chi connectivity index (χ4n) is 1.84. The lowest BCUT2D eigenvalue weighted by atomic mass is 9.99. The van der Waals surface area contributed by atoms with Crippen LogP contribution < -0.4 is 5.32 Å². The highest BCUT2D eigenvalue weighted by atomic mass is 15.6. The van der Waals surface area contributed by atoms with Gasteiger partial charge in [-0.15, -0.1) is 10.2 Å². The van der Waals surface area contributed by atoms with Gasteiger partial charge >= 0.3 is 0 Å². The average Bonchev–Trinajstić information content (AvgIpc) is 2.51. The van der Waals surface area contributed by atoms with E-state index in [-0.39, 0.29) is 0 Å². The SMILES string of the molecule is CCNC(C)CC(C)Cc1nnn(C)n1. The Kier molecular flexibility index (Phi) is 4.68. The van der Waals surface area contributed by atoms with Crippen molar-refractivity contribution in [2.75, 3.05) is 6.54 Å². The van der Waals surface area contributed by atoms with Crippen LogP contribution in [0.5, 0.6) is 0 Å².